The van der Waals surface area contributed by atoms with Crippen molar-refractivity contribution >= 4 is 0 Å². The largest absolute Gasteiger partial charge is 0.311 e. The van der Waals surface area contributed by atoms with E-state index < -0.39 is 0 Å². The second-order valence-corrected chi connectivity index (χ2v) is 6.99. The summed E-state index contributed by atoms with van der Waals surface area (Å²) < 4.78 is 2.08. The van der Waals surface area contributed by atoms with E-state index in [1.807, 2.05) is 0 Å². The Labute approximate surface area is 128 Å². The Bertz CT molecular complexity index is 451. The Morgan fingerprint density at radius 3 is 2.86 bits per heavy atom. The molecule has 2 fully saturated rings. The van der Waals surface area contributed by atoms with Gasteiger partial charge in [0.05, 0.1) is 6.54 Å². The molecule has 2 heterocycles. The predicted molar refractivity (Wildman–Crippen MR) is 83.9 cm³/mol. The molecular weight excluding hydrogens is 262 g/mol. The molecule has 0 bridgehead atoms. The van der Waals surface area contributed by atoms with Crippen molar-refractivity contribution in [3.8, 4) is 0 Å². The number of rotatable bonds is 6. The van der Waals surface area contributed by atoms with E-state index in [-0.39, 0.29) is 0 Å². The highest BCUT2D eigenvalue weighted by atomic mass is 15.4. The molecule has 0 radical (unpaired) electrons. The molecule has 21 heavy (non-hydrogen) atoms. The summed E-state index contributed by atoms with van der Waals surface area (Å²) in [5.74, 6) is 2.71. The van der Waals surface area contributed by atoms with Crippen LogP contribution in [0.2, 0.25) is 0 Å². The SMILES string of the molecule is CCCn1ncnc1CN1CC(C(C)C)NCC1C1CC1. The Hall–Kier alpha value is -0.940. The van der Waals surface area contributed by atoms with Crippen LogP contribution >= 0.6 is 0 Å². The molecule has 1 aromatic rings. The normalized spacial score (nSPS) is 27.4. The summed E-state index contributed by atoms with van der Waals surface area (Å²) in [7, 11) is 0. The maximum absolute atomic E-state index is 4.50. The van der Waals surface area contributed by atoms with Gasteiger partial charge in [-0.05, 0) is 31.1 Å². The predicted octanol–water partition coefficient (Wildman–Crippen LogP) is 1.90. The Morgan fingerprint density at radius 1 is 1.38 bits per heavy atom. The lowest BCUT2D eigenvalue weighted by Gasteiger charge is -2.42. The summed E-state index contributed by atoms with van der Waals surface area (Å²) in [5, 5.41) is 8.13. The van der Waals surface area contributed by atoms with Gasteiger partial charge in [-0.25, -0.2) is 9.67 Å². The van der Waals surface area contributed by atoms with Crippen LogP contribution in [0, 0.1) is 11.8 Å². The van der Waals surface area contributed by atoms with E-state index in [4.69, 9.17) is 0 Å². The van der Waals surface area contributed by atoms with Crippen molar-refractivity contribution in [2.24, 2.45) is 11.8 Å². The molecule has 0 spiro atoms. The highest BCUT2D eigenvalue weighted by Gasteiger charge is 2.39. The molecule has 3 rings (SSSR count). The topological polar surface area (TPSA) is 46.0 Å². The van der Waals surface area contributed by atoms with Crippen LogP contribution in [0.1, 0.15) is 45.9 Å². The van der Waals surface area contributed by atoms with Gasteiger partial charge in [0.15, 0.2) is 0 Å². The standard InChI is InChI=1S/C16H29N5/c1-4-7-21-16(18-11-19-21)10-20-9-14(12(2)3)17-8-15(20)13-5-6-13/h11-15,17H,4-10H2,1-3H3. The highest BCUT2D eigenvalue weighted by Crippen LogP contribution is 2.37. The number of nitrogens with one attached hydrogen (secondary N) is 1. The monoisotopic (exact) mass is 291 g/mol. The van der Waals surface area contributed by atoms with Gasteiger partial charge >= 0.3 is 0 Å². The first-order valence-corrected chi connectivity index (χ1v) is 8.53. The van der Waals surface area contributed by atoms with Gasteiger partial charge in [-0.3, -0.25) is 4.90 Å². The molecule has 5 nitrogen and oxygen atoms in total. The lowest BCUT2D eigenvalue weighted by molar-refractivity contribution is 0.0885. The van der Waals surface area contributed by atoms with E-state index in [2.05, 4.69) is 45.8 Å². The quantitative estimate of drug-likeness (QED) is 0.869. The fourth-order valence-electron chi connectivity index (χ4n) is 3.42. The van der Waals surface area contributed by atoms with Crippen LogP contribution in [0.25, 0.3) is 0 Å². The fraction of sp³-hybridized carbons (Fsp3) is 0.875. The number of nitrogens with zero attached hydrogens (tertiary/aromatic N) is 4. The van der Waals surface area contributed by atoms with Gasteiger partial charge in [0, 0.05) is 31.7 Å². The van der Waals surface area contributed by atoms with Crippen molar-refractivity contribution in [3.05, 3.63) is 12.2 Å². The van der Waals surface area contributed by atoms with E-state index in [9.17, 15) is 0 Å². The summed E-state index contributed by atoms with van der Waals surface area (Å²) in [4.78, 5) is 7.16. The van der Waals surface area contributed by atoms with Gasteiger partial charge in [0.25, 0.3) is 0 Å². The summed E-state index contributed by atoms with van der Waals surface area (Å²) in [6.45, 7) is 11.0. The minimum absolute atomic E-state index is 0.600. The number of aryl methyl sites for hydroxylation is 1. The van der Waals surface area contributed by atoms with E-state index >= 15 is 0 Å². The minimum Gasteiger partial charge on any atom is -0.311 e. The molecule has 1 aromatic heterocycles. The van der Waals surface area contributed by atoms with E-state index in [1.165, 1.54) is 12.8 Å². The van der Waals surface area contributed by atoms with E-state index in [0.717, 1.165) is 44.3 Å². The molecule has 1 aliphatic heterocycles. The van der Waals surface area contributed by atoms with Crippen LogP contribution in [-0.2, 0) is 13.1 Å². The smallest absolute Gasteiger partial charge is 0.141 e. The van der Waals surface area contributed by atoms with Crippen molar-refractivity contribution < 1.29 is 0 Å². The molecule has 1 saturated heterocycles. The number of hydrogen-bond acceptors (Lipinski definition) is 4. The third kappa shape index (κ3) is 3.46. The van der Waals surface area contributed by atoms with Crippen LogP contribution in [0.3, 0.4) is 0 Å². The lowest BCUT2D eigenvalue weighted by Crippen LogP contribution is -2.58. The molecule has 1 aliphatic carbocycles. The zero-order valence-corrected chi connectivity index (χ0v) is 13.6. The first-order chi connectivity index (χ1) is 10.2. The second-order valence-electron chi connectivity index (χ2n) is 6.99. The van der Waals surface area contributed by atoms with Gasteiger partial charge in [-0.15, -0.1) is 0 Å². The van der Waals surface area contributed by atoms with Crippen LogP contribution in [0.5, 0.6) is 0 Å². The number of aromatic nitrogens is 3. The first-order valence-electron chi connectivity index (χ1n) is 8.53. The molecule has 2 unspecified atom stereocenters. The third-order valence-electron chi connectivity index (χ3n) is 4.94. The third-order valence-corrected chi connectivity index (χ3v) is 4.94. The van der Waals surface area contributed by atoms with Crippen LogP contribution in [-0.4, -0.2) is 44.8 Å². The Kier molecular flexibility index (Phi) is 4.60. The second kappa shape index (κ2) is 6.44. The maximum Gasteiger partial charge on any atom is 0.141 e. The van der Waals surface area contributed by atoms with Crippen molar-refractivity contribution in [2.75, 3.05) is 13.1 Å². The molecule has 118 valence electrons. The maximum atomic E-state index is 4.50. The molecule has 2 atom stereocenters. The molecule has 0 aromatic carbocycles. The zero-order chi connectivity index (χ0) is 14.8. The van der Waals surface area contributed by atoms with Crippen LogP contribution in [0.4, 0.5) is 0 Å². The Morgan fingerprint density at radius 2 is 2.19 bits per heavy atom. The summed E-state index contributed by atoms with van der Waals surface area (Å²) in [5.41, 5.74) is 0. The lowest BCUT2D eigenvalue weighted by atomic mass is 9.97. The van der Waals surface area contributed by atoms with Gasteiger partial charge < -0.3 is 5.32 Å². The summed E-state index contributed by atoms with van der Waals surface area (Å²) in [6.07, 6.45) is 5.62. The van der Waals surface area contributed by atoms with Gasteiger partial charge in [-0.2, -0.15) is 5.10 Å². The van der Waals surface area contributed by atoms with Gasteiger partial charge in [-0.1, -0.05) is 20.8 Å². The molecule has 1 saturated carbocycles. The fourth-order valence-corrected chi connectivity index (χ4v) is 3.42. The van der Waals surface area contributed by atoms with Crippen molar-refractivity contribution in [1.29, 1.82) is 0 Å². The van der Waals surface area contributed by atoms with Crippen molar-refractivity contribution in [2.45, 2.75) is 65.2 Å². The van der Waals surface area contributed by atoms with Gasteiger partial charge in [0.1, 0.15) is 12.2 Å². The summed E-state index contributed by atoms with van der Waals surface area (Å²) >= 11 is 0. The van der Waals surface area contributed by atoms with Crippen molar-refractivity contribution in [1.82, 2.24) is 25.0 Å². The van der Waals surface area contributed by atoms with Crippen LogP contribution in [0.15, 0.2) is 6.33 Å². The van der Waals surface area contributed by atoms with Gasteiger partial charge in [0.2, 0.25) is 0 Å². The average molecular weight is 291 g/mol. The van der Waals surface area contributed by atoms with Crippen LogP contribution < -0.4 is 5.32 Å². The zero-order valence-electron chi connectivity index (χ0n) is 13.6. The highest BCUT2D eigenvalue weighted by molar-refractivity contribution is 4.98. The number of piperazine rings is 1. The van der Waals surface area contributed by atoms with Crippen molar-refractivity contribution in [3.63, 3.8) is 0 Å². The summed E-state index contributed by atoms with van der Waals surface area (Å²) in [6, 6.07) is 1.29. The first kappa shape index (κ1) is 15.0. The Balaban J connectivity index is 1.70. The molecule has 1 N–H and O–H groups in total. The molecule has 0 amide bonds. The van der Waals surface area contributed by atoms with E-state index in [0.29, 0.717) is 18.0 Å². The molecule has 2 aliphatic rings. The number of hydrogen-bond donors (Lipinski definition) is 1. The minimum atomic E-state index is 0.600. The molecular formula is C16H29N5. The van der Waals surface area contributed by atoms with E-state index in [1.54, 1.807) is 6.33 Å². The molecule has 5 heteroatoms. The average Bonchev–Trinajstić information content (AvgIpc) is 3.22.